The zero-order valence-electron chi connectivity index (χ0n) is 11.1. The Morgan fingerprint density at radius 1 is 1.15 bits per heavy atom. The van der Waals surface area contributed by atoms with Crippen molar-refractivity contribution in [2.75, 3.05) is 18.5 Å². The van der Waals surface area contributed by atoms with E-state index in [9.17, 15) is 13.2 Å². The van der Waals surface area contributed by atoms with Crippen LogP contribution in [0.3, 0.4) is 0 Å². The Morgan fingerprint density at radius 3 is 2.50 bits per heavy atom. The molecule has 0 saturated carbocycles. The lowest BCUT2D eigenvalue weighted by molar-refractivity contribution is -0.153. The highest BCUT2D eigenvalue weighted by molar-refractivity contribution is 5.46. The third-order valence-electron chi connectivity index (χ3n) is 3.23. The third kappa shape index (κ3) is 5.15. The molecule has 0 heterocycles. The molecule has 1 aromatic rings. The number of allylic oxidation sites excluding steroid dienone is 2. The molecule has 2 rings (SSSR count). The van der Waals surface area contributed by atoms with Gasteiger partial charge in [-0.3, -0.25) is 0 Å². The van der Waals surface area contributed by atoms with Crippen molar-refractivity contribution in [1.29, 1.82) is 0 Å². The fourth-order valence-corrected chi connectivity index (χ4v) is 2.14. The molecule has 1 aliphatic carbocycles. The molecule has 1 atom stereocenters. The smallest absolute Gasteiger partial charge is 0.422 e. The minimum atomic E-state index is -4.30. The van der Waals surface area contributed by atoms with E-state index in [2.05, 4.69) is 22.2 Å². The second-order valence-corrected chi connectivity index (χ2v) is 4.96. The van der Waals surface area contributed by atoms with Gasteiger partial charge in [0.1, 0.15) is 5.75 Å². The quantitative estimate of drug-likeness (QED) is 0.810. The first kappa shape index (κ1) is 14.8. The Morgan fingerprint density at radius 2 is 1.90 bits per heavy atom. The van der Waals surface area contributed by atoms with Gasteiger partial charge in [-0.05, 0) is 49.4 Å². The molecule has 0 saturated heterocycles. The number of benzene rings is 1. The summed E-state index contributed by atoms with van der Waals surface area (Å²) in [5.41, 5.74) is 0.902. The largest absolute Gasteiger partial charge is 0.484 e. The summed E-state index contributed by atoms with van der Waals surface area (Å²) < 4.78 is 40.7. The van der Waals surface area contributed by atoms with E-state index in [4.69, 9.17) is 0 Å². The predicted molar refractivity (Wildman–Crippen MR) is 73.0 cm³/mol. The molecule has 20 heavy (non-hydrogen) atoms. The van der Waals surface area contributed by atoms with E-state index >= 15 is 0 Å². The second-order valence-electron chi connectivity index (χ2n) is 4.96. The molecular formula is C15H18F3NO. The van der Waals surface area contributed by atoms with Gasteiger partial charge in [0, 0.05) is 12.2 Å². The number of nitrogens with one attached hydrogen (secondary N) is 1. The Hall–Kier alpha value is -1.65. The predicted octanol–water partition coefficient (Wildman–Crippen LogP) is 4.40. The van der Waals surface area contributed by atoms with Crippen molar-refractivity contribution in [3.05, 3.63) is 36.4 Å². The van der Waals surface area contributed by atoms with E-state index in [1.54, 1.807) is 24.3 Å². The first-order chi connectivity index (χ1) is 9.53. The van der Waals surface area contributed by atoms with Gasteiger partial charge in [-0.25, -0.2) is 0 Å². The standard InChI is InChI=1S/C15H18F3NO/c16-15(17,18)11-20-14-8-6-13(7-9-14)19-10-12-4-2-1-3-5-12/h1-2,6-9,12,19H,3-5,10-11H2. The van der Waals surface area contributed by atoms with Crippen LogP contribution in [0.15, 0.2) is 36.4 Å². The van der Waals surface area contributed by atoms with Crippen LogP contribution in [0.2, 0.25) is 0 Å². The molecule has 110 valence electrons. The summed E-state index contributed by atoms with van der Waals surface area (Å²) in [6.07, 6.45) is 3.48. The first-order valence-electron chi connectivity index (χ1n) is 6.71. The average molecular weight is 285 g/mol. The van der Waals surface area contributed by atoms with Gasteiger partial charge < -0.3 is 10.1 Å². The second kappa shape index (κ2) is 6.68. The SMILES string of the molecule is FC(F)(F)COc1ccc(NCC2CC=CCC2)cc1. The normalized spacial score (nSPS) is 18.9. The summed E-state index contributed by atoms with van der Waals surface area (Å²) in [4.78, 5) is 0. The third-order valence-corrected chi connectivity index (χ3v) is 3.23. The van der Waals surface area contributed by atoms with Crippen molar-refractivity contribution in [2.24, 2.45) is 5.92 Å². The minimum absolute atomic E-state index is 0.230. The monoisotopic (exact) mass is 285 g/mol. The summed E-state index contributed by atoms with van der Waals surface area (Å²) in [5, 5.41) is 3.30. The van der Waals surface area contributed by atoms with Gasteiger partial charge in [-0.15, -0.1) is 0 Å². The number of halogens is 3. The Balaban J connectivity index is 1.77. The van der Waals surface area contributed by atoms with Crippen LogP contribution >= 0.6 is 0 Å². The molecule has 0 bridgehead atoms. The Kier molecular flexibility index (Phi) is 4.93. The van der Waals surface area contributed by atoms with Crippen LogP contribution in [0.25, 0.3) is 0 Å². The van der Waals surface area contributed by atoms with Crippen LogP contribution in [-0.4, -0.2) is 19.3 Å². The van der Waals surface area contributed by atoms with E-state index in [0.29, 0.717) is 5.92 Å². The van der Waals surface area contributed by atoms with E-state index in [1.165, 1.54) is 6.42 Å². The highest BCUT2D eigenvalue weighted by atomic mass is 19.4. The molecule has 0 spiro atoms. The summed E-state index contributed by atoms with van der Waals surface area (Å²) in [5.74, 6) is 0.856. The van der Waals surface area contributed by atoms with Crippen molar-refractivity contribution in [1.82, 2.24) is 0 Å². The van der Waals surface area contributed by atoms with Crippen molar-refractivity contribution >= 4 is 5.69 Å². The number of hydrogen-bond donors (Lipinski definition) is 1. The van der Waals surface area contributed by atoms with Crippen molar-refractivity contribution < 1.29 is 17.9 Å². The fraction of sp³-hybridized carbons (Fsp3) is 0.467. The molecular weight excluding hydrogens is 267 g/mol. The molecule has 1 N–H and O–H groups in total. The van der Waals surface area contributed by atoms with E-state index in [0.717, 1.165) is 25.1 Å². The maximum absolute atomic E-state index is 12.0. The summed E-state index contributed by atoms with van der Waals surface area (Å²) in [6, 6.07) is 6.58. The van der Waals surface area contributed by atoms with Crippen molar-refractivity contribution in [2.45, 2.75) is 25.4 Å². The van der Waals surface area contributed by atoms with Crippen LogP contribution in [-0.2, 0) is 0 Å². The van der Waals surface area contributed by atoms with Crippen molar-refractivity contribution in [3.63, 3.8) is 0 Å². The van der Waals surface area contributed by atoms with Gasteiger partial charge >= 0.3 is 6.18 Å². The molecule has 1 aliphatic rings. The summed E-state index contributed by atoms with van der Waals surface area (Å²) in [6.45, 7) is -0.374. The lowest BCUT2D eigenvalue weighted by Gasteiger charge is -2.19. The minimum Gasteiger partial charge on any atom is -0.484 e. The first-order valence-corrected chi connectivity index (χ1v) is 6.71. The Bertz CT molecular complexity index is 439. The van der Waals surface area contributed by atoms with E-state index < -0.39 is 12.8 Å². The molecule has 0 aromatic heterocycles. The Labute approximate surface area is 116 Å². The van der Waals surface area contributed by atoms with E-state index in [-0.39, 0.29) is 5.75 Å². The number of hydrogen-bond acceptors (Lipinski definition) is 2. The highest BCUT2D eigenvalue weighted by Gasteiger charge is 2.28. The van der Waals surface area contributed by atoms with E-state index in [1.807, 2.05) is 0 Å². The lowest BCUT2D eigenvalue weighted by Crippen LogP contribution is -2.19. The molecule has 1 unspecified atom stereocenters. The number of alkyl halides is 3. The van der Waals surface area contributed by atoms with Crippen LogP contribution in [0.5, 0.6) is 5.75 Å². The van der Waals surface area contributed by atoms with Crippen molar-refractivity contribution in [3.8, 4) is 5.75 Å². The molecule has 0 aliphatic heterocycles. The number of rotatable bonds is 5. The molecule has 1 aromatic carbocycles. The molecule has 0 radical (unpaired) electrons. The number of ether oxygens (including phenoxy) is 1. The van der Waals surface area contributed by atoms with Gasteiger partial charge in [0.15, 0.2) is 6.61 Å². The molecule has 0 amide bonds. The molecule has 2 nitrogen and oxygen atoms in total. The molecule has 5 heteroatoms. The summed E-state index contributed by atoms with van der Waals surface area (Å²) >= 11 is 0. The van der Waals surface area contributed by atoms with Crippen LogP contribution in [0.4, 0.5) is 18.9 Å². The highest BCUT2D eigenvalue weighted by Crippen LogP contribution is 2.22. The van der Waals surface area contributed by atoms with Gasteiger partial charge in [-0.2, -0.15) is 13.2 Å². The zero-order chi connectivity index (χ0) is 14.4. The van der Waals surface area contributed by atoms with Crippen LogP contribution in [0.1, 0.15) is 19.3 Å². The molecule has 0 fully saturated rings. The zero-order valence-corrected chi connectivity index (χ0v) is 11.1. The lowest BCUT2D eigenvalue weighted by atomic mass is 9.94. The number of anilines is 1. The van der Waals surface area contributed by atoms with Gasteiger partial charge in [0.05, 0.1) is 0 Å². The van der Waals surface area contributed by atoms with Gasteiger partial charge in [0.2, 0.25) is 0 Å². The van der Waals surface area contributed by atoms with Crippen LogP contribution in [0, 0.1) is 5.92 Å². The topological polar surface area (TPSA) is 21.3 Å². The summed E-state index contributed by atoms with van der Waals surface area (Å²) in [7, 11) is 0. The van der Waals surface area contributed by atoms with Gasteiger partial charge in [-0.1, -0.05) is 12.2 Å². The van der Waals surface area contributed by atoms with Crippen LogP contribution < -0.4 is 10.1 Å². The maximum atomic E-state index is 12.0. The maximum Gasteiger partial charge on any atom is 0.422 e. The average Bonchev–Trinajstić information content (AvgIpc) is 2.44. The van der Waals surface area contributed by atoms with Gasteiger partial charge in [0.25, 0.3) is 0 Å². The fourth-order valence-electron chi connectivity index (χ4n) is 2.14.